The van der Waals surface area contributed by atoms with Crippen molar-refractivity contribution in [2.75, 3.05) is 41.7 Å². The Labute approximate surface area is 205 Å². The van der Waals surface area contributed by atoms with Crippen LogP contribution in [0.2, 0.25) is 0 Å². The molecule has 2 aromatic rings. The molecule has 0 N–H and O–H groups in total. The van der Waals surface area contributed by atoms with Gasteiger partial charge in [-0.1, -0.05) is 6.07 Å². The highest BCUT2D eigenvalue weighted by atomic mass is 127. The molecule has 3 aliphatic heterocycles. The molecular weight excluding hydrogens is 553 g/mol. The summed E-state index contributed by atoms with van der Waals surface area (Å²) in [5.41, 5.74) is 3.27. The van der Waals surface area contributed by atoms with Crippen molar-refractivity contribution in [3.05, 3.63) is 38.0 Å². The van der Waals surface area contributed by atoms with Gasteiger partial charge in [0, 0.05) is 17.7 Å². The largest absolute Gasteiger partial charge is 0.493 e. The number of fused-ring (bicyclic) bond motifs is 3. The number of ether oxygens (including phenoxy) is 6. The topological polar surface area (TPSA) is 75.7 Å². The number of hydrogen-bond donors (Lipinski definition) is 0. The molecule has 0 aliphatic carbocycles. The molecule has 0 amide bonds. The smallest absolute Gasteiger partial charge is 0.343 e. The summed E-state index contributed by atoms with van der Waals surface area (Å²) in [5, 5.41) is 0. The predicted octanol–water partition coefficient (Wildman–Crippen LogP) is 3.91. The zero-order valence-electron chi connectivity index (χ0n) is 18.0. The summed E-state index contributed by atoms with van der Waals surface area (Å²) in [4.78, 5) is 15.1. The molecule has 0 aromatic heterocycles. The predicted molar refractivity (Wildman–Crippen MR) is 126 cm³/mol. The third-order valence-corrected chi connectivity index (χ3v) is 7.29. The number of methoxy groups -OCH3 is 3. The van der Waals surface area contributed by atoms with Gasteiger partial charge in [0.1, 0.15) is 11.7 Å². The highest BCUT2D eigenvalue weighted by molar-refractivity contribution is 14.1. The maximum absolute atomic E-state index is 12.9. The van der Waals surface area contributed by atoms with Gasteiger partial charge in [0.25, 0.3) is 0 Å². The Kier molecular flexibility index (Phi) is 6.25. The third-order valence-electron chi connectivity index (χ3n) is 6.15. The van der Waals surface area contributed by atoms with Gasteiger partial charge in [0.15, 0.2) is 23.0 Å². The Balaban J connectivity index is 0.00000245. The highest BCUT2D eigenvalue weighted by Crippen LogP contribution is 2.56. The van der Waals surface area contributed by atoms with Gasteiger partial charge in [-0.3, -0.25) is 4.90 Å². The van der Waals surface area contributed by atoms with Crippen molar-refractivity contribution in [1.29, 1.82) is 0 Å². The van der Waals surface area contributed by atoms with Crippen molar-refractivity contribution in [2.45, 2.75) is 18.6 Å². The van der Waals surface area contributed by atoms with E-state index < -0.39 is 12.1 Å². The summed E-state index contributed by atoms with van der Waals surface area (Å²) in [6.07, 6.45) is 0.295. The monoisotopic (exact) mass is 575 g/mol. The number of nitrogens with zero attached hydrogens (tertiary/aromatic N) is 1. The van der Waals surface area contributed by atoms with Gasteiger partial charge in [-0.15, -0.1) is 12.4 Å². The number of likely N-dealkylation sites (N-methyl/N-ethyl adjacent to an activating group) is 1. The lowest BCUT2D eigenvalue weighted by atomic mass is 9.85. The number of halogens is 2. The average molecular weight is 576 g/mol. The molecule has 0 fully saturated rings. The Hall–Kier alpha value is -2.11. The molecule has 3 heterocycles. The molecular formula is C22H23ClINO7. The summed E-state index contributed by atoms with van der Waals surface area (Å²) in [6.45, 7) is 0.955. The van der Waals surface area contributed by atoms with E-state index in [4.69, 9.17) is 28.4 Å². The average Bonchev–Trinajstić information content (AvgIpc) is 3.39. The van der Waals surface area contributed by atoms with Crippen molar-refractivity contribution < 1.29 is 33.2 Å². The van der Waals surface area contributed by atoms with Crippen LogP contribution in [0, 0.1) is 3.57 Å². The van der Waals surface area contributed by atoms with Crippen LogP contribution in [0.1, 0.15) is 39.2 Å². The molecule has 0 radical (unpaired) electrons. The molecule has 0 saturated carbocycles. The third kappa shape index (κ3) is 3.16. The fourth-order valence-corrected chi connectivity index (χ4v) is 5.74. The molecule has 2 atom stereocenters. The van der Waals surface area contributed by atoms with Crippen LogP contribution in [0.15, 0.2) is 12.1 Å². The quantitative estimate of drug-likeness (QED) is 0.402. The maximum atomic E-state index is 12.9. The lowest BCUT2D eigenvalue weighted by Gasteiger charge is -2.39. The first-order valence-corrected chi connectivity index (χ1v) is 10.9. The fourth-order valence-electron chi connectivity index (χ4n) is 4.78. The van der Waals surface area contributed by atoms with Gasteiger partial charge in [0.2, 0.25) is 12.5 Å². The Bertz CT molecular complexity index is 1090. The summed E-state index contributed by atoms with van der Waals surface area (Å²) in [7, 11) is 6.71. The second-order valence-electron chi connectivity index (χ2n) is 7.57. The number of esters is 1. The zero-order chi connectivity index (χ0) is 21.9. The second kappa shape index (κ2) is 8.68. The van der Waals surface area contributed by atoms with E-state index >= 15 is 0 Å². The molecule has 172 valence electrons. The summed E-state index contributed by atoms with van der Waals surface area (Å²) in [5.74, 6) is 2.40. The number of carbonyl (C=O) groups excluding carboxylic acids is 1. The van der Waals surface area contributed by atoms with Crippen molar-refractivity contribution >= 4 is 41.0 Å². The lowest BCUT2D eigenvalue weighted by Crippen LogP contribution is -2.36. The van der Waals surface area contributed by atoms with Crippen LogP contribution >= 0.6 is 35.0 Å². The molecule has 8 nitrogen and oxygen atoms in total. The van der Waals surface area contributed by atoms with E-state index in [1.54, 1.807) is 20.3 Å². The molecule has 0 saturated heterocycles. The van der Waals surface area contributed by atoms with E-state index in [1.807, 2.05) is 13.1 Å². The normalized spacial score (nSPS) is 20.7. The van der Waals surface area contributed by atoms with E-state index in [-0.39, 0.29) is 25.2 Å². The van der Waals surface area contributed by atoms with E-state index in [1.165, 1.54) is 7.11 Å². The molecule has 2 aromatic carbocycles. The van der Waals surface area contributed by atoms with Crippen LogP contribution in [0.3, 0.4) is 0 Å². The Morgan fingerprint density at radius 1 is 1.06 bits per heavy atom. The van der Waals surface area contributed by atoms with Crippen molar-refractivity contribution in [3.63, 3.8) is 0 Å². The van der Waals surface area contributed by atoms with Crippen molar-refractivity contribution in [2.24, 2.45) is 0 Å². The van der Waals surface area contributed by atoms with Crippen LogP contribution in [-0.4, -0.2) is 52.6 Å². The minimum absolute atomic E-state index is 0. The fraction of sp³-hybridized carbons (Fsp3) is 0.409. The number of carbonyl (C=O) groups is 1. The molecule has 0 bridgehead atoms. The molecule has 0 spiro atoms. The van der Waals surface area contributed by atoms with Gasteiger partial charge in [-0.2, -0.15) is 0 Å². The van der Waals surface area contributed by atoms with Crippen molar-refractivity contribution in [3.8, 4) is 28.7 Å². The Morgan fingerprint density at radius 2 is 1.78 bits per heavy atom. The molecule has 3 aliphatic rings. The minimum atomic E-state index is -0.531. The van der Waals surface area contributed by atoms with Gasteiger partial charge in [-0.05, 0) is 47.7 Å². The molecule has 5 rings (SSSR count). The van der Waals surface area contributed by atoms with Gasteiger partial charge < -0.3 is 28.4 Å². The molecule has 1 unspecified atom stereocenters. The Morgan fingerprint density at radius 3 is 2.47 bits per heavy atom. The van der Waals surface area contributed by atoms with Gasteiger partial charge >= 0.3 is 5.97 Å². The molecule has 10 heteroatoms. The second-order valence-corrected chi connectivity index (χ2v) is 8.65. The van der Waals surface area contributed by atoms with E-state index in [2.05, 4.69) is 27.5 Å². The van der Waals surface area contributed by atoms with Crippen LogP contribution in [0.5, 0.6) is 28.7 Å². The van der Waals surface area contributed by atoms with E-state index in [9.17, 15) is 4.79 Å². The maximum Gasteiger partial charge on any atom is 0.343 e. The molecule has 32 heavy (non-hydrogen) atoms. The number of hydrogen-bond acceptors (Lipinski definition) is 8. The van der Waals surface area contributed by atoms with Crippen molar-refractivity contribution in [1.82, 2.24) is 4.90 Å². The SMILES string of the molecule is COc1ccc2c(c1OC)C(=O)O[C@@H]2C1c2c(c(I)c3c(c2OC)OCO3)CCN1C.Cl. The first-order chi connectivity index (χ1) is 15.0. The van der Waals surface area contributed by atoms with Gasteiger partial charge in [-0.25, -0.2) is 4.79 Å². The lowest BCUT2D eigenvalue weighted by molar-refractivity contribution is 0.00869. The first-order valence-electron chi connectivity index (χ1n) is 9.85. The van der Waals surface area contributed by atoms with Crippen LogP contribution < -0.4 is 23.7 Å². The summed E-state index contributed by atoms with van der Waals surface area (Å²) in [6, 6.07) is 3.42. The first kappa shape index (κ1) is 23.1. The summed E-state index contributed by atoms with van der Waals surface area (Å²) < 4.78 is 35.1. The number of cyclic esters (lactones) is 1. The van der Waals surface area contributed by atoms with Crippen LogP contribution in [-0.2, 0) is 11.2 Å². The van der Waals surface area contributed by atoms with E-state index in [0.29, 0.717) is 28.6 Å². The van der Waals surface area contributed by atoms with E-state index in [0.717, 1.165) is 39.0 Å². The number of rotatable bonds is 4. The number of benzene rings is 2. The minimum Gasteiger partial charge on any atom is -0.493 e. The van der Waals surface area contributed by atoms with Gasteiger partial charge in [0.05, 0.1) is 30.9 Å². The van der Waals surface area contributed by atoms with Crippen LogP contribution in [0.25, 0.3) is 0 Å². The van der Waals surface area contributed by atoms with Crippen LogP contribution in [0.4, 0.5) is 0 Å². The zero-order valence-corrected chi connectivity index (χ0v) is 21.0. The summed E-state index contributed by atoms with van der Waals surface area (Å²) >= 11 is 2.30. The standard InChI is InChI=1S/C22H22INO7.ClH/c1-24-8-7-10-13(19(28-4)21-20(15(10)23)29-9-30-21)16(24)17-11-5-6-12(26-2)18(27-3)14(11)22(25)31-17;/h5-6,16-17H,7-9H2,1-4H3;1H/t16?,17-;/m0./s1. The highest BCUT2D eigenvalue weighted by Gasteiger charge is 2.47.